The molecule has 0 saturated heterocycles. The van der Waals surface area contributed by atoms with Gasteiger partial charge in [-0.1, -0.05) is 19.1 Å². The van der Waals surface area contributed by atoms with Gasteiger partial charge < -0.3 is 5.32 Å². The summed E-state index contributed by atoms with van der Waals surface area (Å²) < 4.78 is 21.9. The third-order valence-electron chi connectivity index (χ3n) is 3.33. The van der Waals surface area contributed by atoms with E-state index in [1.807, 2.05) is 6.92 Å². The van der Waals surface area contributed by atoms with Gasteiger partial charge in [0.15, 0.2) is 0 Å². The van der Waals surface area contributed by atoms with E-state index in [0.29, 0.717) is 17.2 Å². The number of benzene rings is 1. The van der Waals surface area contributed by atoms with Crippen molar-refractivity contribution in [2.45, 2.75) is 25.5 Å². The highest BCUT2D eigenvalue weighted by Crippen LogP contribution is 2.37. The largest absolute Gasteiger partial charge is 0.326 e. The lowest BCUT2D eigenvalue weighted by Crippen LogP contribution is -2.21. The number of nitrogens with one attached hydrogen (secondary N) is 1. The van der Waals surface area contributed by atoms with E-state index in [4.69, 9.17) is 5.14 Å². The molecule has 1 amide bonds. The van der Waals surface area contributed by atoms with Crippen LogP contribution in [-0.4, -0.2) is 14.3 Å². The Balaban J connectivity index is 1.96. The van der Waals surface area contributed by atoms with E-state index in [0.717, 1.165) is 12.8 Å². The van der Waals surface area contributed by atoms with E-state index >= 15 is 0 Å². The van der Waals surface area contributed by atoms with Gasteiger partial charge in [0.1, 0.15) is 0 Å². The van der Waals surface area contributed by atoms with Crippen LogP contribution in [0.5, 0.6) is 0 Å². The minimum atomic E-state index is -3.52. The fourth-order valence-electron chi connectivity index (χ4n) is 1.98. The first-order valence-electron chi connectivity index (χ1n) is 6.25. The fraction of sp³-hybridized carbons (Fsp3) is 0.462. The first-order valence-corrected chi connectivity index (χ1v) is 7.97. The highest BCUT2D eigenvalue weighted by Gasteiger charge is 2.32. The highest BCUT2D eigenvalue weighted by atomic mass is 32.2. The van der Waals surface area contributed by atoms with Crippen LogP contribution in [0.3, 0.4) is 0 Å². The number of anilines is 1. The van der Waals surface area contributed by atoms with E-state index in [1.165, 1.54) is 0 Å². The van der Waals surface area contributed by atoms with E-state index in [1.54, 1.807) is 24.3 Å². The standard InChI is InChI=1S/C13H18N2O3S/c1-9(11-4-5-11)13(16)15-12-6-2-10(3-7-12)8-19(14,17)18/h2-3,6-7,9,11H,4-5,8H2,1H3,(H,15,16)(H2,14,17,18). The number of carbonyl (C=O) groups is 1. The summed E-state index contributed by atoms with van der Waals surface area (Å²) in [7, 11) is -3.52. The third kappa shape index (κ3) is 4.33. The van der Waals surface area contributed by atoms with E-state index < -0.39 is 10.0 Å². The van der Waals surface area contributed by atoms with Crippen LogP contribution in [0.2, 0.25) is 0 Å². The zero-order chi connectivity index (χ0) is 14.0. The molecule has 0 aliphatic heterocycles. The van der Waals surface area contributed by atoms with Crippen LogP contribution in [0.25, 0.3) is 0 Å². The van der Waals surface area contributed by atoms with Gasteiger partial charge in [0.05, 0.1) is 5.75 Å². The summed E-state index contributed by atoms with van der Waals surface area (Å²) in [5.74, 6) is 0.368. The SMILES string of the molecule is CC(C(=O)Nc1ccc(CS(N)(=O)=O)cc1)C1CC1. The molecule has 6 heteroatoms. The van der Waals surface area contributed by atoms with Crippen LogP contribution in [0, 0.1) is 11.8 Å². The predicted molar refractivity (Wildman–Crippen MR) is 73.8 cm³/mol. The molecule has 1 aromatic carbocycles. The fourth-order valence-corrected chi connectivity index (χ4v) is 2.64. The van der Waals surface area contributed by atoms with Crippen molar-refractivity contribution in [2.24, 2.45) is 17.0 Å². The molecule has 5 nitrogen and oxygen atoms in total. The Kier molecular flexibility index (Phi) is 3.91. The van der Waals surface area contributed by atoms with Gasteiger partial charge >= 0.3 is 0 Å². The average Bonchev–Trinajstić information content (AvgIpc) is 3.12. The average molecular weight is 282 g/mol. The van der Waals surface area contributed by atoms with Gasteiger partial charge in [-0.2, -0.15) is 0 Å². The van der Waals surface area contributed by atoms with Crippen LogP contribution < -0.4 is 10.5 Å². The minimum absolute atomic E-state index is 0.0155. The van der Waals surface area contributed by atoms with Crippen LogP contribution in [0.15, 0.2) is 24.3 Å². The molecule has 0 bridgehead atoms. The molecule has 1 aliphatic carbocycles. The summed E-state index contributed by atoms with van der Waals surface area (Å²) in [4.78, 5) is 11.9. The van der Waals surface area contributed by atoms with Gasteiger partial charge in [0, 0.05) is 11.6 Å². The number of hydrogen-bond acceptors (Lipinski definition) is 3. The van der Waals surface area contributed by atoms with E-state index in [2.05, 4.69) is 5.32 Å². The Morgan fingerprint density at radius 1 is 1.37 bits per heavy atom. The Morgan fingerprint density at radius 2 is 1.95 bits per heavy atom. The zero-order valence-corrected chi connectivity index (χ0v) is 11.6. The molecule has 1 aliphatic rings. The van der Waals surface area contributed by atoms with Gasteiger partial charge in [-0.25, -0.2) is 13.6 Å². The third-order valence-corrected chi connectivity index (χ3v) is 4.07. The van der Waals surface area contributed by atoms with Crippen LogP contribution in [-0.2, 0) is 20.6 Å². The highest BCUT2D eigenvalue weighted by molar-refractivity contribution is 7.88. The maximum atomic E-state index is 11.9. The van der Waals surface area contributed by atoms with Crippen molar-refractivity contribution in [2.75, 3.05) is 5.32 Å². The number of nitrogens with two attached hydrogens (primary N) is 1. The molecular formula is C13H18N2O3S. The van der Waals surface area contributed by atoms with E-state index in [-0.39, 0.29) is 17.6 Å². The van der Waals surface area contributed by atoms with Crippen molar-refractivity contribution in [3.63, 3.8) is 0 Å². The summed E-state index contributed by atoms with van der Waals surface area (Å²) in [6, 6.07) is 6.69. The van der Waals surface area contributed by atoms with Gasteiger partial charge in [0.2, 0.25) is 15.9 Å². The monoisotopic (exact) mass is 282 g/mol. The van der Waals surface area contributed by atoms with Gasteiger partial charge in [-0.15, -0.1) is 0 Å². The maximum Gasteiger partial charge on any atom is 0.227 e. The van der Waals surface area contributed by atoms with Crippen molar-refractivity contribution in [3.05, 3.63) is 29.8 Å². The molecule has 0 aromatic heterocycles. The second kappa shape index (κ2) is 5.30. The molecule has 1 fully saturated rings. The Labute approximate surface area is 113 Å². The molecule has 1 saturated carbocycles. The number of amides is 1. The maximum absolute atomic E-state index is 11.9. The Hall–Kier alpha value is -1.40. The number of primary sulfonamides is 1. The summed E-state index contributed by atoms with van der Waals surface area (Å²) >= 11 is 0. The van der Waals surface area contributed by atoms with Gasteiger partial charge in [-0.05, 0) is 36.5 Å². The van der Waals surface area contributed by atoms with E-state index in [9.17, 15) is 13.2 Å². The lowest BCUT2D eigenvalue weighted by Gasteiger charge is -2.11. The molecular weight excluding hydrogens is 264 g/mol. The van der Waals surface area contributed by atoms with Crippen molar-refractivity contribution in [1.29, 1.82) is 0 Å². The summed E-state index contributed by atoms with van der Waals surface area (Å²) in [5, 5.41) is 7.80. The van der Waals surface area contributed by atoms with Gasteiger partial charge in [-0.3, -0.25) is 4.79 Å². The molecule has 104 valence electrons. The normalized spacial score (nSPS) is 16.9. The molecule has 0 spiro atoms. The Morgan fingerprint density at radius 3 is 2.42 bits per heavy atom. The van der Waals surface area contributed by atoms with Gasteiger partial charge in [0.25, 0.3) is 0 Å². The molecule has 1 atom stereocenters. The molecule has 1 unspecified atom stereocenters. The molecule has 0 radical (unpaired) electrons. The Bertz CT molecular complexity index is 562. The number of sulfonamides is 1. The molecule has 2 rings (SSSR count). The molecule has 3 N–H and O–H groups in total. The predicted octanol–water partition coefficient (Wildman–Crippen LogP) is 1.46. The molecule has 0 heterocycles. The second-order valence-corrected chi connectivity index (χ2v) is 6.73. The summed E-state index contributed by atoms with van der Waals surface area (Å²) in [6.07, 6.45) is 2.25. The summed E-state index contributed by atoms with van der Waals surface area (Å²) in [6.45, 7) is 1.93. The number of carbonyl (C=O) groups excluding carboxylic acids is 1. The molecule has 19 heavy (non-hydrogen) atoms. The van der Waals surface area contributed by atoms with Crippen molar-refractivity contribution >= 4 is 21.6 Å². The van der Waals surface area contributed by atoms with Crippen LogP contribution in [0.4, 0.5) is 5.69 Å². The molecule has 1 aromatic rings. The quantitative estimate of drug-likeness (QED) is 0.856. The first kappa shape index (κ1) is 14.0. The van der Waals surface area contributed by atoms with Crippen molar-refractivity contribution in [1.82, 2.24) is 0 Å². The smallest absolute Gasteiger partial charge is 0.227 e. The lowest BCUT2D eigenvalue weighted by atomic mass is 10.1. The topological polar surface area (TPSA) is 89.3 Å². The zero-order valence-electron chi connectivity index (χ0n) is 10.8. The number of hydrogen-bond donors (Lipinski definition) is 2. The lowest BCUT2D eigenvalue weighted by molar-refractivity contribution is -0.119. The first-order chi connectivity index (χ1) is 8.85. The van der Waals surface area contributed by atoms with Crippen LogP contribution in [0.1, 0.15) is 25.3 Å². The van der Waals surface area contributed by atoms with Crippen LogP contribution >= 0.6 is 0 Å². The van der Waals surface area contributed by atoms with Crippen molar-refractivity contribution < 1.29 is 13.2 Å². The number of rotatable bonds is 5. The second-order valence-electron chi connectivity index (χ2n) is 5.12. The minimum Gasteiger partial charge on any atom is -0.326 e. The van der Waals surface area contributed by atoms with Crippen molar-refractivity contribution in [3.8, 4) is 0 Å². The summed E-state index contributed by atoms with van der Waals surface area (Å²) in [5.41, 5.74) is 1.28.